The number of phenolic OH excluding ortho intramolecular Hbond substituents is 2. The molecule has 4 aromatic carbocycles. The van der Waals surface area contributed by atoms with Gasteiger partial charge in [-0.2, -0.15) is 0 Å². The van der Waals surface area contributed by atoms with Gasteiger partial charge in [0.05, 0.1) is 22.9 Å². The predicted molar refractivity (Wildman–Crippen MR) is 206 cm³/mol. The number of aromatic hydroxyl groups is 2. The molecule has 296 valence electrons. The van der Waals surface area contributed by atoms with Gasteiger partial charge in [0, 0.05) is 45.9 Å². The van der Waals surface area contributed by atoms with E-state index in [4.69, 9.17) is 0 Å². The van der Waals surface area contributed by atoms with Crippen molar-refractivity contribution in [3.63, 3.8) is 0 Å². The minimum atomic E-state index is -1.82. The third-order valence-electron chi connectivity index (χ3n) is 10.0. The molecule has 0 spiro atoms. The molecule has 2 atom stereocenters. The van der Waals surface area contributed by atoms with Crippen molar-refractivity contribution in [1.29, 1.82) is 0 Å². The Morgan fingerprint density at radius 1 is 0.667 bits per heavy atom. The van der Waals surface area contributed by atoms with Gasteiger partial charge in [-0.3, -0.25) is 28.3 Å². The van der Waals surface area contributed by atoms with E-state index in [1.54, 1.807) is 13.8 Å². The van der Waals surface area contributed by atoms with Crippen molar-refractivity contribution in [2.45, 2.75) is 65.3 Å². The van der Waals surface area contributed by atoms with Crippen LogP contribution in [0, 0.1) is 37.1 Å². The molecule has 14 heteroatoms. The van der Waals surface area contributed by atoms with Crippen molar-refractivity contribution in [3.05, 3.63) is 130 Å². The van der Waals surface area contributed by atoms with Gasteiger partial charge < -0.3 is 20.8 Å². The van der Waals surface area contributed by atoms with Gasteiger partial charge in [-0.05, 0) is 106 Å². The van der Waals surface area contributed by atoms with Crippen LogP contribution in [0.5, 0.6) is 11.5 Å². The summed E-state index contributed by atoms with van der Waals surface area (Å²) in [6, 6.07) is 13.4. The van der Waals surface area contributed by atoms with Crippen LogP contribution in [0.2, 0.25) is 0 Å². The fraction of sp³-hybridized carbons (Fsp3) is 0.256. The first-order valence-electron chi connectivity index (χ1n) is 18.3. The number of aromatic nitrogens is 2. The number of rotatable bonds is 11. The number of hydrogen-bond donors (Lipinski definition) is 4. The smallest absolute Gasteiger partial charge is 0.262 e. The van der Waals surface area contributed by atoms with Crippen LogP contribution in [0.4, 0.5) is 17.6 Å². The summed E-state index contributed by atoms with van der Waals surface area (Å²) < 4.78 is 64.0. The number of nitrogens with one attached hydrogen (secondary N) is 2. The summed E-state index contributed by atoms with van der Waals surface area (Å²) in [6.07, 6.45) is 1.13. The molecule has 0 saturated heterocycles. The maximum absolute atomic E-state index is 16.5. The Hall–Kier alpha value is -6.44. The maximum atomic E-state index is 16.5. The number of phenols is 2. The topological polar surface area (TPSA) is 143 Å². The molecule has 0 radical (unpaired) electrons. The van der Waals surface area contributed by atoms with Crippen LogP contribution in [0.1, 0.15) is 88.7 Å². The lowest BCUT2D eigenvalue weighted by Gasteiger charge is -2.28. The van der Waals surface area contributed by atoms with Gasteiger partial charge in [0.15, 0.2) is 23.1 Å². The highest BCUT2D eigenvalue weighted by atomic mass is 19.1. The molecule has 10 nitrogen and oxygen atoms in total. The fourth-order valence-electron chi connectivity index (χ4n) is 7.52. The van der Waals surface area contributed by atoms with E-state index in [-0.39, 0.29) is 51.2 Å². The van der Waals surface area contributed by atoms with Crippen molar-refractivity contribution >= 4 is 45.4 Å². The quantitative estimate of drug-likeness (QED) is 0.0779. The molecule has 0 bridgehead atoms. The molecule has 4 N–H and O–H groups in total. The molecule has 0 fully saturated rings. The summed E-state index contributed by atoms with van der Waals surface area (Å²) in [6.45, 7) is 8.01. The molecule has 6 aromatic rings. The summed E-state index contributed by atoms with van der Waals surface area (Å²) >= 11 is 0. The van der Waals surface area contributed by atoms with Crippen LogP contribution < -0.4 is 10.6 Å². The first-order valence-corrected chi connectivity index (χ1v) is 18.3. The molecule has 2 heterocycles. The zero-order chi connectivity index (χ0) is 41.5. The van der Waals surface area contributed by atoms with E-state index >= 15 is 8.78 Å². The highest BCUT2D eigenvalue weighted by molar-refractivity contribution is 6.09. The minimum Gasteiger partial charge on any atom is -0.505 e. The molecule has 57 heavy (non-hydrogen) atoms. The maximum Gasteiger partial charge on any atom is 0.262 e. The van der Waals surface area contributed by atoms with Crippen LogP contribution in [0.3, 0.4) is 0 Å². The number of carbonyl (C=O) groups is 4. The van der Waals surface area contributed by atoms with Crippen LogP contribution in [-0.4, -0.2) is 55.6 Å². The summed E-state index contributed by atoms with van der Waals surface area (Å²) in [5, 5.41) is 26.1. The Balaban J connectivity index is 1.76. The van der Waals surface area contributed by atoms with Gasteiger partial charge in [0.1, 0.15) is 11.6 Å². The Labute approximate surface area is 324 Å². The summed E-state index contributed by atoms with van der Waals surface area (Å²) in [4.78, 5) is 58.0. The monoisotopic (exact) mass is 784 g/mol. The number of hydrogen-bond acceptors (Lipinski definition) is 6. The van der Waals surface area contributed by atoms with Crippen molar-refractivity contribution in [1.82, 2.24) is 19.8 Å². The molecular formula is C43H40F4N4O6. The number of unbranched alkanes of at least 4 members (excludes halogenated alkanes) is 1. The number of amides is 2. The van der Waals surface area contributed by atoms with Crippen LogP contribution in [0.15, 0.2) is 72.8 Å². The normalized spacial score (nSPS) is 12.6. The second kappa shape index (κ2) is 16.0. The Morgan fingerprint density at radius 2 is 1.11 bits per heavy atom. The van der Waals surface area contributed by atoms with Gasteiger partial charge in [0.25, 0.3) is 11.8 Å². The number of halogens is 4. The Kier molecular flexibility index (Phi) is 11.3. The van der Waals surface area contributed by atoms with Gasteiger partial charge in [-0.25, -0.2) is 17.6 Å². The van der Waals surface area contributed by atoms with Crippen molar-refractivity contribution in [2.75, 3.05) is 6.54 Å². The lowest BCUT2D eigenvalue weighted by Crippen LogP contribution is -2.42. The third kappa shape index (κ3) is 7.23. The number of nitrogens with zero attached hydrogens (tertiary/aromatic N) is 2. The first-order chi connectivity index (χ1) is 27.1. The van der Waals surface area contributed by atoms with Crippen LogP contribution in [-0.2, 0) is 9.59 Å². The molecular weight excluding hydrogens is 744 g/mol. The standard InChI is InChI=1S/C43H40F4N4O6/c1-6-7-18-48-40(54)36(32-22(4)50(28-14-16-30(52)38(46)34(28)32)42(56)24-10-8-12-26(44)19-24)37(41(55)49-21(2)3)33-23(5)51(29-15-17-31(53)39(47)35(29)33)43(57)25-11-9-13-27(45)20-25/h8-17,19-21,36-37,52-53H,6-7,18H2,1-5H3,(H,48,54)(H,49,55). The molecule has 0 aliphatic heterocycles. The lowest BCUT2D eigenvalue weighted by molar-refractivity contribution is -0.129. The van der Waals surface area contributed by atoms with E-state index in [0.29, 0.717) is 12.8 Å². The predicted octanol–water partition coefficient (Wildman–Crippen LogP) is 7.87. The average molecular weight is 785 g/mol. The summed E-state index contributed by atoms with van der Waals surface area (Å²) in [7, 11) is 0. The summed E-state index contributed by atoms with van der Waals surface area (Å²) in [5.74, 6) is -12.7. The van der Waals surface area contributed by atoms with Crippen molar-refractivity contribution < 1.29 is 47.0 Å². The lowest BCUT2D eigenvalue weighted by atomic mass is 9.77. The second-order valence-electron chi connectivity index (χ2n) is 14.1. The van der Waals surface area contributed by atoms with E-state index < -0.39 is 87.0 Å². The van der Waals surface area contributed by atoms with Gasteiger partial charge >= 0.3 is 0 Å². The van der Waals surface area contributed by atoms with Crippen molar-refractivity contribution in [3.8, 4) is 11.5 Å². The molecule has 0 aliphatic rings. The molecule has 0 aliphatic carbocycles. The number of benzene rings is 4. The van der Waals surface area contributed by atoms with E-state index in [0.717, 1.165) is 45.5 Å². The summed E-state index contributed by atoms with van der Waals surface area (Å²) in [5.41, 5.74) is -1.16. The highest BCUT2D eigenvalue weighted by Crippen LogP contribution is 2.47. The number of fused-ring (bicyclic) bond motifs is 2. The fourth-order valence-corrected chi connectivity index (χ4v) is 7.52. The van der Waals surface area contributed by atoms with Crippen LogP contribution >= 0.6 is 0 Å². The largest absolute Gasteiger partial charge is 0.505 e. The van der Waals surface area contributed by atoms with Crippen LogP contribution in [0.25, 0.3) is 21.8 Å². The second-order valence-corrected chi connectivity index (χ2v) is 14.1. The molecule has 2 amide bonds. The van der Waals surface area contributed by atoms with E-state index in [2.05, 4.69) is 10.6 Å². The Bertz CT molecular complexity index is 2590. The van der Waals surface area contributed by atoms with E-state index in [1.807, 2.05) is 6.92 Å². The zero-order valence-corrected chi connectivity index (χ0v) is 31.7. The third-order valence-corrected chi connectivity index (χ3v) is 10.0. The molecule has 2 aromatic heterocycles. The van der Waals surface area contributed by atoms with E-state index in [1.165, 1.54) is 50.2 Å². The van der Waals surface area contributed by atoms with Gasteiger partial charge in [0.2, 0.25) is 11.8 Å². The first kappa shape index (κ1) is 40.2. The van der Waals surface area contributed by atoms with Gasteiger partial charge in [-0.15, -0.1) is 0 Å². The Morgan fingerprint density at radius 3 is 1.51 bits per heavy atom. The SMILES string of the molecule is CCCCNC(=O)C(c1c(C)n(C(=O)c2cccc(F)c2)c2ccc(O)c(F)c12)C(C(=O)NC(C)C)c1c(C)n(C(=O)c2cccc(F)c2)c2ccc(O)c(F)c12. The minimum absolute atomic E-state index is 0.0673. The van der Waals surface area contributed by atoms with Crippen molar-refractivity contribution in [2.24, 2.45) is 0 Å². The zero-order valence-electron chi connectivity index (χ0n) is 31.7. The average Bonchev–Trinajstić information content (AvgIpc) is 3.62. The highest BCUT2D eigenvalue weighted by Gasteiger charge is 2.44. The number of carbonyl (C=O) groups excluding carboxylic acids is 4. The molecule has 2 unspecified atom stereocenters. The van der Waals surface area contributed by atoms with Gasteiger partial charge in [-0.1, -0.05) is 25.5 Å². The molecule has 0 saturated carbocycles. The van der Waals surface area contributed by atoms with E-state index in [9.17, 15) is 38.2 Å². The molecule has 6 rings (SSSR count).